The number of amides is 1. The molecule has 2 aromatic carbocycles. The van der Waals surface area contributed by atoms with Crippen LogP contribution in [0.3, 0.4) is 0 Å². The smallest absolute Gasteiger partial charge is 0.259 e. The number of aryl methyl sites for hydroxylation is 1. The van der Waals surface area contributed by atoms with Gasteiger partial charge in [0.05, 0.1) is 11.3 Å². The number of benzene rings is 2. The molecule has 132 valence electrons. The molecule has 0 aliphatic rings. The Balaban J connectivity index is 1.89. The summed E-state index contributed by atoms with van der Waals surface area (Å²) in [5, 5.41) is 13.0. The van der Waals surface area contributed by atoms with Gasteiger partial charge in [0.25, 0.3) is 5.91 Å². The first-order valence-corrected chi connectivity index (χ1v) is 8.38. The number of anilines is 2. The van der Waals surface area contributed by atoms with Gasteiger partial charge in [0.15, 0.2) is 0 Å². The molecule has 0 aliphatic heterocycles. The Kier molecular flexibility index (Phi) is 5.04. The van der Waals surface area contributed by atoms with E-state index in [1.807, 2.05) is 19.1 Å². The lowest BCUT2D eigenvalue weighted by Crippen LogP contribution is -2.12. The van der Waals surface area contributed by atoms with Crippen LogP contribution in [-0.4, -0.2) is 21.0 Å². The number of nitrogen functional groups attached to an aromatic ring is 1. The molecule has 0 aliphatic carbocycles. The second-order valence-electron chi connectivity index (χ2n) is 5.65. The van der Waals surface area contributed by atoms with Crippen LogP contribution in [0.5, 0.6) is 5.75 Å². The maximum atomic E-state index is 12.4. The maximum Gasteiger partial charge on any atom is 0.259 e. The Morgan fingerprint density at radius 1 is 1.19 bits per heavy atom. The van der Waals surface area contributed by atoms with E-state index >= 15 is 0 Å². The van der Waals surface area contributed by atoms with Crippen molar-refractivity contribution in [1.82, 2.24) is 9.97 Å². The second kappa shape index (κ2) is 7.41. The number of carbonyl (C=O) groups excluding carboxylic acids is 1. The van der Waals surface area contributed by atoms with Gasteiger partial charge in [-0.25, -0.2) is 9.97 Å². The molecule has 4 N–H and O–H groups in total. The topological polar surface area (TPSA) is 101 Å². The molecule has 1 aromatic heterocycles. The minimum Gasteiger partial charge on any atom is -0.507 e. The summed E-state index contributed by atoms with van der Waals surface area (Å²) in [6.45, 7) is 1.99. The number of hydrogen-bond acceptors (Lipinski definition) is 5. The number of halogens is 1. The Labute approximate surface area is 155 Å². The van der Waals surface area contributed by atoms with E-state index in [4.69, 9.17) is 17.3 Å². The molecule has 0 atom stereocenters. The highest BCUT2D eigenvalue weighted by molar-refractivity contribution is 6.31. The number of aromatic nitrogens is 2. The fourth-order valence-corrected chi connectivity index (χ4v) is 2.66. The fourth-order valence-electron chi connectivity index (χ4n) is 2.49. The van der Waals surface area contributed by atoms with Gasteiger partial charge in [0.1, 0.15) is 5.75 Å². The minimum absolute atomic E-state index is 0.0995. The molecule has 0 spiro atoms. The van der Waals surface area contributed by atoms with Crippen molar-refractivity contribution in [2.24, 2.45) is 0 Å². The minimum atomic E-state index is -0.460. The largest absolute Gasteiger partial charge is 0.507 e. The summed E-state index contributed by atoms with van der Waals surface area (Å²) in [6, 6.07) is 13.4. The first-order chi connectivity index (χ1) is 12.5. The monoisotopic (exact) mass is 368 g/mol. The standard InChI is InChI=1S/C19H17ClN4O2/c1-2-13-10-16(24-19(21)23-13)11-4-3-5-14(8-11)22-18(26)15-9-12(20)6-7-17(15)25/h3-10,25H,2H2,1H3,(H,22,26)(H2,21,23,24). The zero-order valence-electron chi connectivity index (χ0n) is 14.0. The van der Waals surface area contributed by atoms with E-state index < -0.39 is 5.91 Å². The predicted molar refractivity (Wildman–Crippen MR) is 102 cm³/mol. The summed E-state index contributed by atoms with van der Waals surface area (Å²) in [5.74, 6) is -0.393. The van der Waals surface area contributed by atoms with Crippen molar-refractivity contribution >= 4 is 29.1 Å². The van der Waals surface area contributed by atoms with E-state index in [2.05, 4.69) is 15.3 Å². The maximum absolute atomic E-state index is 12.4. The number of nitrogens with one attached hydrogen (secondary N) is 1. The van der Waals surface area contributed by atoms with Gasteiger partial charge in [-0.3, -0.25) is 4.79 Å². The summed E-state index contributed by atoms with van der Waals surface area (Å²) in [5.41, 5.74) is 8.73. The van der Waals surface area contributed by atoms with E-state index in [0.717, 1.165) is 17.7 Å². The van der Waals surface area contributed by atoms with Gasteiger partial charge in [-0.15, -0.1) is 0 Å². The third-order valence-electron chi connectivity index (χ3n) is 3.78. The molecule has 3 aromatic rings. The average Bonchev–Trinajstić information content (AvgIpc) is 2.63. The lowest BCUT2D eigenvalue weighted by atomic mass is 10.1. The van der Waals surface area contributed by atoms with Crippen LogP contribution in [0.2, 0.25) is 5.02 Å². The zero-order valence-corrected chi connectivity index (χ0v) is 14.8. The Bertz CT molecular complexity index is 976. The quantitative estimate of drug-likeness (QED) is 0.648. The van der Waals surface area contributed by atoms with Gasteiger partial charge < -0.3 is 16.2 Å². The van der Waals surface area contributed by atoms with Gasteiger partial charge in [-0.1, -0.05) is 30.7 Å². The van der Waals surface area contributed by atoms with Crippen molar-refractivity contribution in [2.45, 2.75) is 13.3 Å². The number of nitrogens with two attached hydrogens (primary N) is 1. The number of rotatable bonds is 4. The highest BCUT2D eigenvalue weighted by atomic mass is 35.5. The number of phenols is 1. The number of aromatic hydroxyl groups is 1. The van der Waals surface area contributed by atoms with E-state index in [0.29, 0.717) is 16.4 Å². The molecule has 7 heteroatoms. The summed E-state index contributed by atoms with van der Waals surface area (Å²) in [7, 11) is 0. The van der Waals surface area contributed by atoms with Crippen molar-refractivity contribution in [3.63, 3.8) is 0 Å². The molecule has 0 saturated carbocycles. The van der Waals surface area contributed by atoms with E-state index in [9.17, 15) is 9.90 Å². The lowest BCUT2D eigenvalue weighted by Gasteiger charge is -2.10. The number of phenolic OH excluding ortho intramolecular Hbond substituents is 1. The van der Waals surface area contributed by atoms with Crippen molar-refractivity contribution in [3.05, 3.63) is 64.8 Å². The van der Waals surface area contributed by atoms with Crippen LogP contribution >= 0.6 is 11.6 Å². The molecule has 0 fully saturated rings. The van der Waals surface area contributed by atoms with Crippen molar-refractivity contribution < 1.29 is 9.90 Å². The third-order valence-corrected chi connectivity index (χ3v) is 4.01. The molecule has 0 saturated heterocycles. The van der Waals surface area contributed by atoms with Crippen LogP contribution in [0.4, 0.5) is 11.6 Å². The predicted octanol–water partition coefficient (Wildman–Crippen LogP) is 3.90. The van der Waals surface area contributed by atoms with E-state index in [1.165, 1.54) is 18.2 Å². The highest BCUT2D eigenvalue weighted by Crippen LogP contribution is 2.25. The van der Waals surface area contributed by atoms with Gasteiger partial charge in [-0.2, -0.15) is 0 Å². The van der Waals surface area contributed by atoms with Gasteiger partial charge in [0.2, 0.25) is 5.95 Å². The first-order valence-electron chi connectivity index (χ1n) is 8.00. The van der Waals surface area contributed by atoms with Gasteiger partial charge in [0, 0.05) is 22.0 Å². The number of nitrogens with zero attached hydrogens (tertiary/aromatic N) is 2. The second-order valence-corrected chi connectivity index (χ2v) is 6.09. The van der Waals surface area contributed by atoms with Crippen molar-refractivity contribution in [3.8, 4) is 17.0 Å². The van der Waals surface area contributed by atoms with Gasteiger partial charge in [-0.05, 0) is 42.8 Å². The number of hydrogen-bond donors (Lipinski definition) is 3. The summed E-state index contributed by atoms with van der Waals surface area (Å²) in [6.07, 6.45) is 0.740. The SMILES string of the molecule is CCc1cc(-c2cccc(NC(=O)c3cc(Cl)ccc3O)c2)nc(N)n1. The Morgan fingerprint density at radius 2 is 2.00 bits per heavy atom. The van der Waals surface area contributed by atoms with Crippen LogP contribution in [-0.2, 0) is 6.42 Å². The van der Waals surface area contributed by atoms with Crippen LogP contribution in [0.25, 0.3) is 11.3 Å². The zero-order chi connectivity index (χ0) is 18.7. The van der Waals surface area contributed by atoms with Crippen molar-refractivity contribution in [1.29, 1.82) is 0 Å². The van der Waals surface area contributed by atoms with E-state index in [-0.39, 0.29) is 17.3 Å². The van der Waals surface area contributed by atoms with E-state index in [1.54, 1.807) is 18.2 Å². The molecule has 1 heterocycles. The van der Waals surface area contributed by atoms with Crippen LogP contribution in [0.1, 0.15) is 23.0 Å². The van der Waals surface area contributed by atoms with Crippen LogP contribution in [0.15, 0.2) is 48.5 Å². The Morgan fingerprint density at radius 3 is 2.77 bits per heavy atom. The lowest BCUT2D eigenvalue weighted by molar-refractivity contribution is 0.102. The Hall–Kier alpha value is -3.12. The van der Waals surface area contributed by atoms with Crippen LogP contribution in [0, 0.1) is 0 Å². The number of carbonyl (C=O) groups is 1. The molecule has 0 unspecified atom stereocenters. The highest BCUT2D eigenvalue weighted by Gasteiger charge is 2.13. The van der Waals surface area contributed by atoms with Crippen LogP contribution < -0.4 is 11.1 Å². The molecule has 3 rings (SSSR count). The summed E-state index contributed by atoms with van der Waals surface area (Å²) in [4.78, 5) is 20.8. The molecule has 26 heavy (non-hydrogen) atoms. The van der Waals surface area contributed by atoms with Crippen molar-refractivity contribution in [2.75, 3.05) is 11.1 Å². The fraction of sp³-hybridized carbons (Fsp3) is 0.105. The molecular weight excluding hydrogens is 352 g/mol. The normalized spacial score (nSPS) is 10.5. The average molecular weight is 369 g/mol. The first kappa shape index (κ1) is 17.7. The third kappa shape index (κ3) is 3.92. The van der Waals surface area contributed by atoms with Gasteiger partial charge >= 0.3 is 0 Å². The molecule has 6 nitrogen and oxygen atoms in total. The summed E-state index contributed by atoms with van der Waals surface area (Å²) < 4.78 is 0. The molecular formula is C19H17ClN4O2. The summed E-state index contributed by atoms with van der Waals surface area (Å²) >= 11 is 5.90. The molecule has 0 radical (unpaired) electrons. The molecule has 1 amide bonds. The molecule has 0 bridgehead atoms.